The number of rotatable bonds is 6. The highest BCUT2D eigenvalue weighted by Gasteiger charge is 2.80. The third kappa shape index (κ3) is 4.39. The highest BCUT2D eigenvalue weighted by atomic mass is 16.4. The quantitative estimate of drug-likeness (QED) is 0.324. The number of aliphatic hydroxyl groups excluding tert-OH is 1. The van der Waals surface area contributed by atoms with Gasteiger partial charge < -0.3 is 20.4 Å². The van der Waals surface area contributed by atoms with E-state index in [4.69, 9.17) is 0 Å². The molecule has 0 aliphatic heterocycles. The fourth-order valence-corrected chi connectivity index (χ4v) is 9.52. The highest BCUT2D eigenvalue weighted by molar-refractivity contribution is 6.33. The van der Waals surface area contributed by atoms with Crippen molar-refractivity contribution < 1.29 is 49.2 Å². The number of hydrogen-bond acceptors (Lipinski definition) is 9. The van der Waals surface area contributed by atoms with Crippen molar-refractivity contribution in [1.29, 1.82) is 0 Å². The molecule has 0 amide bonds. The van der Waals surface area contributed by atoms with Crippen LogP contribution < -0.4 is 0 Å². The molecule has 10 heteroatoms. The molecule has 8 atom stereocenters. The first-order chi connectivity index (χ1) is 22.8. The molecule has 4 aliphatic rings. The molecule has 0 aromatic heterocycles. The Hall–Kier alpha value is -4.54. The maximum absolute atomic E-state index is 14.6. The number of allylic oxidation sites excluding steroid dienone is 4. The minimum Gasteiger partial charge on any atom is -0.507 e. The van der Waals surface area contributed by atoms with Crippen molar-refractivity contribution in [2.75, 3.05) is 0 Å². The summed E-state index contributed by atoms with van der Waals surface area (Å²) < 4.78 is 0. The molecule has 10 nitrogen and oxygen atoms in total. The molecule has 2 aromatic rings. The number of carbonyl (C=O) groups excluding carboxylic acids is 5. The van der Waals surface area contributed by atoms with Gasteiger partial charge >= 0.3 is 5.97 Å². The Morgan fingerprint density at radius 1 is 1.02 bits per heavy atom. The molecule has 0 spiro atoms. The summed E-state index contributed by atoms with van der Waals surface area (Å²) in [5.41, 5.74) is -3.46. The maximum Gasteiger partial charge on any atom is 0.335 e. The van der Waals surface area contributed by atoms with Gasteiger partial charge in [0.1, 0.15) is 17.5 Å². The average Bonchev–Trinajstić information content (AvgIpc) is 3.51. The van der Waals surface area contributed by atoms with E-state index in [0.29, 0.717) is 17.5 Å². The standard InChI is InChI=1S/C39H40O10/c1-17(2)28-31(42)26(19(4)40)33(44)39(49)34(45)29-32(43)27-25(18(3)37(29,5)36(48)38(28,39)6)13-12-23(30(27)41)15-20-10-11-22(14-20)21-8-7-9-24(16-21)35(46)47/h7-9,11-14,16-18,26,28-29,36,41,48-49H,10,15H2,1-6H3,(H,46,47)/t18-,26?,28?,29?,36-,37+,38+,39+/m1/s1. The Morgan fingerprint density at radius 2 is 1.69 bits per heavy atom. The number of phenolic OH excluding ortho intramolecular Hbond substituents is 1. The third-order valence-corrected chi connectivity index (χ3v) is 12.1. The second-order valence-corrected chi connectivity index (χ2v) is 14.9. The molecule has 2 aromatic carbocycles. The van der Waals surface area contributed by atoms with Crippen molar-refractivity contribution >= 4 is 40.5 Å². The van der Waals surface area contributed by atoms with Crippen LogP contribution in [0.1, 0.15) is 91.3 Å². The van der Waals surface area contributed by atoms with Gasteiger partial charge in [0.25, 0.3) is 0 Å². The first-order valence-electron chi connectivity index (χ1n) is 16.5. The number of carbonyl (C=O) groups is 6. The van der Waals surface area contributed by atoms with E-state index in [0.717, 1.165) is 23.6 Å². The van der Waals surface area contributed by atoms with Crippen molar-refractivity contribution in [2.45, 2.75) is 72.0 Å². The summed E-state index contributed by atoms with van der Waals surface area (Å²) in [6, 6.07) is 9.90. The number of carboxylic acids is 1. The number of hydrogen-bond donors (Lipinski definition) is 4. The van der Waals surface area contributed by atoms with Gasteiger partial charge in [-0.05, 0) is 66.0 Å². The lowest BCUT2D eigenvalue weighted by atomic mass is 9.37. The van der Waals surface area contributed by atoms with E-state index in [1.165, 1.54) is 13.0 Å². The molecule has 2 fully saturated rings. The Morgan fingerprint density at radius 3 is 2.31 bits per heavy atom. The fraction of sp³-hybridized carbons (Fsp3) is 0.436. The number of aromatic hydroxyl groups is 1. The molecule has 256 valence electrons. The Bertz CT molecular complexity index is 1950. The van der Waals surface area contributed by atoms with Gasteiger partial charge in [0.15, 0.2) is 28.7 Å². The van der Waals surface area contributed by atoms with Crippen molar-refractivity contribution in [3.8, 4) is 5.75 Å². The predicted octanol–water partition coefficient (Wildman–Crippen LogP) is 4.28. The van der Waals surface area contributed by atoms with Crippen LogP contribution in [0.4, 0.5) is 0 Å². The van der Waals surface area contributed by atoms with Gasteiger partial charge in [0, 0.05) is 16.7 Å². The molecule has 0 radical (unpaired) electrons. The van der Waals surface area contributed by atoms with E-state index in [-0.39, 0.29) is 23.3 Å². The number of ketones is 5. The lowest BCUT2D eigenvalue weighted by molar-refractivity contribution is -0.240. The monoisotopic (exact) mass is 668 g/mol. The molecule has 4 N–H and O–H groups in total. The van der Waals surface area contributed by atoms with Gasteiger partial charge in [0.05, 0.1) is 23.1 Å². The van der Waals surface area contributed by atoms with Crippen molar-refractivity contribution in [3.05, 3.63) is 81.9 Å². The smallest absolute Gasteiger partial charge is 0.335 e. The highest BCUT2D eigenvalue weighted by Crippen LogP contribution is 2.66. The number of Topliss-reactive ketones (excluding diaryl/α,β-unsaturated/α-hetero) is 5. The Labute approximate surface area is 283 Å². The minimum atomic E-state index is -3.02. The first kappa shape index (κ1) is 34.3. The number of carboxylic acid groups (broad SMARTS) is 1. The molecule has 0 saturated heterocycles. The Kier molecular flexibility index (Phi) is 7.88. The van der Waals surface area contributed by atoms with Crippen LogP contribution in [0.5, 0.6) is 5.75 Å². The number of aliphatic hydroxyl groups is 2. The third-order valence-electron chi connectivity index (χ3n) is 12.1. The average molecular weight is 669 g/mol. The number of fused-ring (bicyclic) bond motifs is 3. The molecule has 0 heterocycles. The zero-order valence-electron chi connectivity index (χ0n) is 28.2. The second-order valence-electron chi connectivity index (χ2n) is 14.9. The van der Waals surface area contributed by atoms with Gasteiger partial charge in [-0.2, -0.15) is 0 Å². The van der Waals surface area contributed by atoms with Gasteiger partial charge in [0.2, 0.25) is 0 Å². The van der Waals surface area contributed by atoms with E-state index in [1.807, 2.05) is 12.2 Å². The number of benzene rings is 2. The molecule has 49 heavy (non-hydrogen) atoms. The molecule has 2 saturated carbocycles. The summed E-state index contributed by atoms with van der Waals surface area (Å²) in [4.78, 5) is 80.9. The van der Waals surface area contributed by atoms with E-state index in [9.17, 15) is 49.2 Å². The van der Waals surface area contributed by atoms with Crippen LogP contribution in [0.25, 0.3) is 5.57 Å². The van der Waals surface area contributed by atoms with Crippen molar-refractivity contribution in [3.63, 3.8) is 0 Å². The van der Waals surface area contributed by atoms with Crippen LogP contribution in [0.2, 0.25) is 0 Å². The summed E-state index contributed by atoms with van der Waals surface area (Å²) in [5.74, 6) is -12.6. The zero-order chi connectivity index (χ0) is 36.1. The van der Waals surface area contributed by atoms with Gasteiger partial charge in [-0.1, -0.05) is 76.6 Å². The second kappa shape index (κ2) is 11.2. The van der Waals surface area contributed by atoms with Crippen LogP contribution in [-0.4, -0.2) is 67.0 Å². The summed E-state index contributed by atoms with van der Waals surface area (Å²) in [6.07, 6.45) is 2.86. The fourth-order valence-electron chi connectivity index (χ4n) is 9.52. The number of aromatic carboxylic acids is 1. The zero-order valence-corrected chi connectivity index (χ0v) is 28.2. The Balaban J connectivity index is 1.42. The van der Waals surface area contributed by atoms with Crippen molar-refractivity contribution in [2.24, 2.45) is 34.5 Å². The lowest BCUT2D eigenvalue weighted by Crippen LogP contribution is -2.81. The summed E-state index contributed by atoms with van der Waals surface area (Å²) >= 11 is 0. The number of phenols is 1. The topological polar surface area (TPSA) is 183 Å². The van der Waals surface area contributed by atoms with Crippen LogP contribution in [0, 0.1) is 34.5 Å². The minimum absolute atomic E-state index is 0.135. The van der Waals surface area contributed by atoms with E-state index >= 15 is 0 Å². The first-order valence-corrected chi connectivity index (χ1v) is 16.5. The van der Waals surface area contributed by atoms with Gasteiger partial charge in [-0.3, -0.25) is 24.0 Å². The van der Waals surface area contributed by atoms with Crippen molar-refractivity contribution in [1.82, 2.24) is 0 Å². The molecular formula is C39H40O10. The normalized spacial score (nSPS) is 33.9. The van der Waals surface area contributed by atoms with Gasteiger partial charge in [-0.25, -0.2) is 4.79 Å². The van der Waals surface area contributed by atoms with E-state index < -0.39 is 87.0 Å². The summed E-state index contributed by atoms with van der Waals surface area (Å²) in [5, 5.41) is 45.6. The molecule has 6 rings (SSSR count). The SMILES string of the molecule is CC(=O)C1C(=O)C(C(C)C)[C@@]2(C)[C@H](O)[C@]3(C)C(C(=O)c4c(ccc(CC5=CC(c6cccc(C(=O)O)c6)=CC5)c4O)[C@H]3C)C(=O)[C@@]2(O)C1=O. The van der Waals surface area contributed by atoms with E-state index in [2.05, 4.69) is 0 Å². The summed E-state index contributed by atoms with van der Waals surface area (Å²) in [7, 11) is 0. The molecular weight excluding hydrogens is 628 g/mol. The van der Waals surface area contributed by atoms with E-state index in [1.54, 1.807) is 58.0 Å². The van der Waals surface area contributed by atoms with Crippen LogP contribution in [-0.2, 0) is 25.6 Å². The lowest BCUT2D eigenvalue weighted by Gasteiger charge is -2.65. The van der Waals surface area contributed by atoms with Crippen LogP contribution in [0.3, 0.4) is 0 Å². The maximum atomic E-state index is 14.6. The predicted molar refractivity (Wildman–Crippen MR) is 177 cm³/mol. The van der Waals surface area contributed by atoms with Crippen LogP contribution in [0.15, 0.2) is 54.1 Å². The molecule has 3 unspecified atom stereocenters. The molecule has 0 bridgehead atoms. The van der Waals surface area contributed by atoms with Crippen LogP contribution >= 0.6 is 0 Å². The molecule has 4 aliphatic carbocycles. The van der Waals surface area contributed by atoms with Gasteiger partial charge in [-0.15, -0.1) is 0 Å². The summed E-state index contributed by atoms with van der Waals surface area (Å²) in [6.45, 7) is 8.92. The largest absolute Gasteiger partial charge is 0.507 e.